The SMILES string of the molecule is CCc1ccc(C(=O)CCC(=O)NCc2cccc(OCCN(C)C3CCOCC3)c2)cc1. The van der Waals surface area contributed by atoms with E-state index in [9.17, 15) is 9.59 Å². The van der Waals surface area contributed by atoms with Gasteiger partial charge in [0.15, 0.2) is 5.78 Å². The monoisotopic (exact) mass is 452 g/mol. The van der Waals surface area contributed by atoms with Crippen molar-refractivity contribution in [3.63, 3.8) is 0 Å². The Bertz CT molecular complexity index is 891. The zero-order chi connectivity index (χ0) is 23.5. The van der Waals surface area contributed by atoms with Crippen LogP contribution < -0.4 is 10.1 Å². The number of hydrogen-bond donors (Lipinski definition) is 1. The van der Waals surface area contributed by atoms with E-state index in [0.29, 0.717) is 24.8 Å². The second kappa shape index (κ2) is 13.1. The number of benzene rings is 2. The molecule has 0 aromatic heterocycles. The highest BCUT2D eigenvalue weighted by Crippen LogP contribution is 2.15. The van der Waals surface area contributed by atoms with E-state index in [0.717, 1.165) is 50.3 Å². The highest BCUT2D eigenvalue weighted by Gasteiger charge is 2.18. The minimum absolute atomic E-state index is 0.00563. The Kier molecular flexibility index (Phi) is 9.91. The molecular formula is C27H36N2O4. The molecule has 1 aliphatic heterocycles. The van der Waals surface area contributed by atoms with E-state index in [1.807, 2.05) is 48.5 Å². The van der Waals surface area contributed by atoms with Gasteiger partial charge in [0, 0.05) is 50.8 Å². The number of likely N-dealkylation sites (N-methyl/N-ethyl adjacent to an activating group) is 1. The van der Waals surface area contributed by atoms with Gasteiger partial charge in [-0.3, -0.25) is 14.5 Å². The molecule has 0 unspecified atom stereocenters. The van der Waals surface area contributed by atoms with E-state index in [1.165, 1.54) is 5.56 Å². The largest absolute Gasteiger partial charge is 0.492 e. The van der Waals surface area contributed by atoms with E-state index in [2.05, 4.69) is 24.2 Å². The van der Waals surface area contributed by atoms with Crippen LogP contribution in [0, 0.1) is 0 Å². The van der Waals surface area contributed by atoms with Gasteiger partial charge in [-0.25, -0.2) is 0 Å². The van der Waals surface area contributed by atoms with Crippen molar-refractivity contribution in [2.45, 2.75) is 51.6 Å². The number of nitrogens with zero attached hydrogens (tertiary/aromatic N) is 1. The van der Waals surface area contributed by atoms with Crippen LogP contribution in [0.3, 0.4) is 0 Å². The van der Waals surface area contributed by atoms with E-state index >= 15 is 0 Å². The van der Waals surface area contributed by atoms with Gasteiger partial charge in [0.2, 0.25) is 5.91 Å². The lowest BCUT2D eigenvalue weighted by molar-refractivity contribution is -0.121. The smallest absolute Gasteiger partial charge is 0.220 e. The number of carbonyl (C=O) groups excluding carboxylic acids is 2. The van der Waals surface area contributed by atoms with Crippen LogP contribution >= 0.6 is 0 Å². The summed E-state index contributed by atoms with van der Waals surface area (Å²) in [7, 11) is 2.14. The molecule has 6 heteroatoms. The first-order valence-corrected chi connectivity index (χ1v) is 11.9. The maximum Gasteiger partial charge on any atom is 0.220 e. The molecule has 0 bridgehead atoms. The third kappa shape index (κ3) is 8.30. The van der Waals surface area contributed by atoms with Crippen LogP contribution in [0.2, 0.25) is 0 Å². The zero-order valence-electron chi connectivity index (χ0n) is 19.8. The Hall–Kier alpha value is -2.70. The number of ketones is 1. The first-order chi connectivity index (χ1) is 16.0. The predicted octanol–water partition coefficient (Wildman–Crippen LogP) is 4.02. The molecule has 0 radical (unpaired) electrons. The van der Waals surface area contributed by atoms with Crippen molar-refractivity contribution in [3.8, 4) is 5.75 Å². The number of rotatable bonds is 12. The molecule has 1 fully saturated rings. The van der Waals surface area contributed by atoms with Gasteiger partial charge < -0.3 is 14.8 Å². The maximum absolute atomic E-state index is 12.3. The number of nitrogens with one attached hydrogen (secondary N) is 1. The first kappa shape index (κ1) is 24.9. The number of aryl methyl sites for hydroxylation is 1. The van der Waals surface area contributed by atoms with E-state index in [1.54, 1.807) is 0 Å². The fourth-order valence-electron chi connectivity index (χ4n) is 3.95. The van der Waals surface area contributed by atoms with E-state index < -0.39 is 0 Å². The van der Waals surface area contributed by atoms with Crippen molar-refractivity contribution in [1.29, 1.82) is 0 Å². The molecule has 1 amide bonds. The Morgan fingerprint density at radius 1 is 1.06 bits per heavy atom. The molecule has 0 spiro atoms. The predicted molar refractivity (Wildman–Crippen MR) is 130 cm³/mol. The van der Waals surface area contributed by atoms with Crippen LogP contribution in [-0.4, -0.2) is 56.0 Å². The summed E-state index contributed by atoms with van der Waals surface area (Å²) < 4.78 is 11.4. The number of carbonyl (C=O) groups is 2. The van der Waals surface area contributed by atoms with Crippen LogP contribution in [0.4, 0.5) is 0 Å². The van der Waals surface area contributed by atoms with Crippen LogP contribution in [0.15, 0.2) is 48.5 Å². The molecule has 1 saturated heterocycles. The fourth-order valence-corrected chi connectivity index (χ4v) is 3.95. The Balaban J connectivity index is 1.36. The lowest BCUT2D eigenvalue weighted by Gasteiger charge is -2.31. The number of hydrogen-bond acceptors (Lipinski definition) is 5. The average Bonchev–Trinajstić information content (AvgIpc) is 2.86. The van der Waals surface area contributed by atoms with Gasteiger partial charge in [-0.1, -0.05) is 43.3 Å². The summed E-state index contributed by atoms with van der Waals surface area (Å²) in [6.45, 7) is 5.65. The van der Waals surface area contributed by atoms with Crippen molar-refractivity contribution in [1.82, 2.24) is 10.2 Å². The summed E-state index contributed by atoms with van der Waals surface area (Å²) in [5.41, 5.74) is 2.83. The molecule has 1 aliphatic rings. The molecule has 2 aromatic rings. The topological polar surface area (TPSA) is 67.9 Å². The minimum Gasteiger partial charge on any atom is -0.492 e. The van der Waals surface area contributed by atoms with Crippen LogP contribution in [-0.2, 0) is 22.5 Å². The average molecular weight is 453 g/mol. The standard InChI is InChI=1S/C27H36N2O4/c1-3-21-7-9-23(10-8-21)26(30)11-12-27(31)28-20-22-5-4-6-25(19-22)33-18-15-29(2)24-13-16-32-17-14-24/h4-10,19,24H,3,11-18,20H2,1-2H3,(H,28,31). The van der Waals surface area contributed by atoms with Gasteiger partial charge in [0.05, 0.1) is 0 Å². The van der Waals surface area contributed by atoms with Gasteiger partial charge in [-0.05, 0) is 49.6 Å². The van der Waals surface area contributed by atoms with Gasteiger partial charge >= 0.3 is 0 Å². The highest BCUT2D eigenvalue weighted by atomic mass is 16.5. The third-order valence-corrected chi connectivity index (χ3v) is 6.18. The van der Waals surface area contributed by atoms with Crippen molar-refractivity contribution in [2.75, 3.05) is 33.4 Å². The number of ether oxygens (including phenoxy) is 2. The highest BCUT2D eigenvalue weighted by molar-refractivity contribution is 5.97. The van der Waals surface area contributed by atoms with Crippen molar-refractivity contribution >= 4 is 11.7 Å². The van der Waals surface area contributed by atoms with Crippen molar-refractivity contribution < 1.29 is 19.1 Å². The Morgan fingerprint density at radius 3 is 2.55 bits per heavy atom. The van der Waals surface area contributed by atoms with E-state index in [4.69, 9.17) is 9.47 Å². The number of Topliss-reactive ketones (excluding diaryl/α,β-unsaturated/α-hetero) is 1. The van der Waals surface area contributed by atoms with Gasteiger partial charge in [-0.2, -0.15) is 0 Å². The lowest BCUT2D eigenvalue weighted by Crippen LogP contribution is -2.38. The quantitative estimate of drug-likeness (QED) is 0.493. The second-order valence-electron chi connectivity index (χ2n) is 8.57. The zero-order valence-corrected chi connectivity index (χ0v) is 19.8. The summed E-state index contributed by atoms with van der Waals surface area (Å²) in [5.74, 6) is 0.666. The van der Waals surface area contributed by atoms with Gasteiger partial charge in [0.1, 0.15) is 12.4 Å². The summed E-state index contributed by atoms with van der Waals surface area (Å²) in [4.78, 5) is 26.9. The Morgan fingerprint density at radius 2 is 1.82 bits per heavy atom. The van der Waals surface area contributed by atoms with Gasteiger partial charge in [0.25, 0.3) is 0 Å². The van der Waals surface area contributed by atoms with E-state index in [-0.39, 0.29) is 24.5 Å². The maximum atomic E-state index is 12.3. The van der Waals surface area contributed by atoms with Crippen LogP contribution in [0.5, 0.6) is 5.75 Å². The van der Waals surface area contributed by atoms with Crippen molar-refractivity contribution in [3.05, 3.63) is 65.2 Å². The molecule has 0 aliphatic carbocycles. The summed E-state index contributed by atoms with van der Waals surface area (Å²) in [5, 5.41) is 2.90. The van der Waals surface area contributed by atoms with Gasteiger partial charge in [-0.15, -0.1) is 0 Å². The van der Waals surface area contributed by atoms with Crippen LogP contribution in [0.25, 0.3) is 0 Å². The molecule has 178 valence electrons. The third-order valence-electron chi connectivity index (χ3n) is 6.18. The molecular weight excluding hydrogens is 416 g/mol. The Labute approximate surface area is 197 Å². The normalized spacial score (nSPS) is 14.3. The molecule has 3 rings (SSSR count). The molecule has 1 N–H and O–H groups in total. The summed E-state index contributed by atoms with van der Waals surface area (Å²) >= 11 is 0. The minimum atomic E-state index is -0.127. The molecule has 6 nitrogen and oxygen atoms in total. The summed E-state index contributed by atoms with van der Waals surface area (Å²) in [6, 6.07) is 15.9. The molecule has 33 heavy (non-hydrogen) atoms. The second-order valence-corrected chi connectivity index (χ2v) is 8.57. The van der Waals surface area contributed by atoms with Crippen molar-refractivity contribution in [2.24, 2.45) is 0 Å². The molecule has 0 saturated carbocycles. The molecule has 0 atom stereocenters. The fraction of sp³-hybridized carbons (Fsp3) is 0.481. The van der Waals surface area contributed by atoms with Crippen LogP contribution in [0.1, 0.15) is 54.1 Å². The summed E-state index contributed by atoms with van der Waals surface area (Å²) in [6.07, 6.45) is 3.48. The first-order valence-electron chi connectivity index (χ1n) is 11.9. The molecule has 1 heterocycles. The number of amides is 1. The lowest BCUT2D eigenvalue weighted by atomic mass is 10.0. The molecule has 2 aromatic carbocycles.